The standard InChI is InChI=1S/C5H9O5P/c1-2-11(8,9)10-4-3-5(6)7/h2H,1,3-4H2,(H,6,7)(H,8,9). The van der Waals surface area contributed by atoms with Crippen molar-refractivity contribution in [2.75, 3.05) is 6.61 Å². The second-order valence-electron chi connectivity index (χ2n) is 1.72. The third kappa shape index (κ3) is 5.79. The maximum Gasteiger partial charge on any atom is 0.351 e. The molecule has 0 aliphatic heterocycles. The van der Waals surface area contributed by atoms with Gasteiger partial charge in [-0.1, -0.05) is 6.58 Å². The maximum atomic E-state index is 10.6. The fourth-order valence-electron chi connectivity index (χ4n) is 0.316. The number of aliphatic carboxylic acids is 1. The lowest BCUT2D eigenvalue weighted by Gasteiger charge is -2.04. The van der Waals surface area contributed by atoms with E-state index in [1.165, 1.54) is 0 Å². The van der Waals surface area contributed by atoms with Gasteiger partial charge in [0.1, 0.15) is 0 Å². The van der Waals surface area contributed by atoms with Crippen LogP contribution in [0.5, 0.6) is 0 Å². The van der Waals surface area contributed by atoms with E-state index >= 15 is 0 Å². The average molecular weight is 180 g/mol. The summed E-state index contributed by atoms with van der Waals surface area (Å²) in [4.78, 5) is 18.6. The molecule has 5 nitrogen and oxygen atoms in total. The van der Waals surface area contributed by atoms with Gasteiger partial charge in [0, 0.05) is 5.82 Å². The van der Waals surface area contributed by atoms with Crippen molar-refractivity contribution in [1.29, 1.82) is 0 Å². The zero-order chi connectivity index (χ0) is 8.91. The molecule has 2 N–H and O–H groups in total. The van der Waals surface area contributed by atoms with Crippen molar-refractivity contribution in [2.24, 2.45) is 0 Å². The molecule has 0 radical (unpaired) electrons. The van der Waals surface area contributed by atoms with E-state index in [0.29, 0.717) is 0 Å². The van der Waals surface area contributed by atoms with Gasteiger partial charge in [-0.15, -0.1) is 0 Å². The molecule has 0 aromatic rings. The van der Waals surface area contributed by atoms with E-state index in [-0.39, 0.29) is 13.0 Å². The van der Waals surface area contributed by atoms with Crippen molar-refractivity contribution < 1.29 is 23.9 Å². The predicted octanol–water partition coefficient (Wildman–Crippen LogP) is 0.807. The van der Waals surface area contributed by atoms with Gasteiger partial charge >= 0.3 is 13.6 Å². The van der Waals surface area contributed by atoms with E-state index in [1.807, 2.05) is 0 Å². The lowest BCUT2D eigenvalue weighted by Crippen LogP contribution is -2.00. The lowest BCUT2D eigenvalue weighted by atomic mass is 10.5. The first-order chi connectivity index (χ1) is 4.98. The molecule has 1 unspecified atom stereocenters. The van der Waals surface area contributed by atoms with Crippen LogP contribution < -0.4 is 0 Å². The summed E-state index contributed by atoms with van der Waals surface area (Å²) < 4.78 is 14.9. The number of carbonyl (C=O) groups is 1. The van der Waals surface area contributed by atoms with Crippen molar-refractivity contribution in [3.05, 3.63) is 12.4 Å². The molecule has 0 aliphatic carbocycles. The molecular weight excluding hydrogens is 171 g/mol. The Kier molecular flexibility index (Phi) is 4.03. The molecular formula is C5H9O5P. The van der Waals surface area contributed by atoms with E-state index in [1.54, 1.807) is 0 Å². The lowest BCUT2D eigenvalue weighted by molar-refractivity contribution is -0.137. The quantitative estimate of drug-likeness (QED) is 0.611. The Morgan fingerprint density at radius 2 is 2.27 bits per heavy atom. The van der Waals surface area contributed by atoms with E-state index in [4.69, 9.17) is 10.00 Å². The molecule has 6 heteroatoms. The van der Waals surface area contributed by atoms with Gasteiger partial charge in [0.15, 0.2) is 0 Å². The fourth-order valence-corrected chi connectivity index (χ4v) is 0.775. The minimum Gasteiger partial charge on any atom is -0.481 e. The molecule has 0 aliphatic rings. The molecule has 0 amide bonds. The van der Waals surface area contributed by atoms with Gasteiger partial charge in [-0.3, -0.25) is 9.36 Å². The van der Waals surface area contributed by atoms with Crippen molar-refractivity contribution in [3.63, 3.8) is 0 Å². The first kappa shape index (κ1) is 10.4. The third-order valence-electron chi connectivity index (χ3n) is 0.823. The predicted molar refractivity (Wildman–Crippen MR) is 38.2 cm³/mol. The molecule has 0 rings (SSSR count). The molecule has 0 heterocycles. The summed E-state index contributed by atoms with van der Waals surface area (Å²) in [6, 6.07) is 0. The minimum absolute atomic E-state index is 0.283. The van der Waals surface area contributed by atoms with E-state index in [9.17, 15) is 9.36 Å². The van der Waals surface area contributed by atoms with Crippen molar-refractivity contribution in [2.45, 2.75) is 6.42 Å². The highest BCUT2D eigenvalue weighted by atomic mass is 31.2. The molecule has 0 aromatic carbocycles. The minimum atomic E-state index is -3.73. The van der Waals surface area contributed by atoms with Gasteiger partial charge in [-0.25, -0.2) is 0 Å². The topological polar surface area (TPSA) is 83.8 Å². The largest absolute Gasteiger partial charge is 0.481 e. The normalized spacial score (nSPS) is 15.4. The zero-order valence-electron chi connectivity index (χ0n) is 5.77. The molecule has 1 atom stereocenters. The van der Waals surface area contributed by atoms with Gasteiger partial charge in [-0.2, -0.15) is 0 Å². The summed E-state index contributed by atoms with van der Waals surface area (Å²) in [5.41, 5.74) is 0. The summed E-state index contributed by atoms with van der Waals surface area (Å²) in [5.74, 6) is -0.316. The smallest absolute Gasteiger partial charge is 0.351 e. The second-order valence-corrected chi connectivity index (χ2v) is 3.48. The van der Waals surface area contributed by atoms with Crippen LogP contribution in [-0.4, -0.2) is 22.6 Å². The van der Waals surface area contributed by atoms with Gasteiger partial charge in [0.05, 0.1) is 13.0 Å². The highest BCUT2D eigenvalue weighted by Crippen LogP contribution is 2.42. The monoisotopic (exact) mass is 180 g/mol. The summed E-state index contributed by atoms with van der Waals surface area (Å²) in [7, 11) is -3.73. The van der Waals surface area contributed by atoms with Gasteiger partial charge in [0.2, 0.25) is 0 Å². The molecule has 0 bridgehead atoms. The van der Waals surface area contributed by atoms with Crippen LogP contribution in [0.2, 0.25) is 0 Å². The Morgan fingerprint density at radius 3 is 2.64 bits per heavy atom. The Balaban J connectivity index is 3.62. The molecule has 0 saturated carbocycles. The van der Waals surface area contributed by atoms with Crippen molar-refractivity contribution >= 4 is 13.6 Å². The molecule has 0 spiro atoms. The summed E-state index contributed by atoms with van der Waals surface area (Å²) in [5, 5.41) is 8.11. The van der Waals surface area contributed by atoms with E-state index in [0.717, 1.165) is 5.82 Å². The summed E-state index contributed by atoms with van der Waals surface area (Å²) in [6.07, 6.45) is -0.293. The number of hydrogen-bond donors (Lipinski definition) is 2. The highest BCUT2D eigenvalue weighted by Gasteiger charge is 2.13. The van der Waals surface area contributed by atoms with Crippen LogP contribution in [0, 0.1) is 0 Å². The van der Waals surface area contributed by atoms with Crippen LogP contribution in [0.3, 0.4) is 0 Å². The number of carboxylic acids is 1. The first-order valence-corrected chi connectivity index (χ1v) is 4.45. The van der Waals surface area contributed by atoms with Crippen LogP contribution in [0.4, 0.5) is 0 Å². The molecule has 64 valence electrons. The molecule has 11 heavy (non-hydrogen) atoms. The van der Waals surface area contributed by atoms with Crippen molar-refractivity contribution in [3.8, 4) is 0 Å². The molecule has 0 saturated heterocycles. The number of carboxylic acid groups (broad SMARTS) is 1. The third-order valence-corrected chi connectivity index (χ3v) is 1.84. The van der Waals surface area contributed by atoms with Crippen LogP contribution >= 0.6 is 7.60 Å². The first-order valence-electron chi connectivity index (χ1n) is 2.80. The maximum absolute atomic E-state index is 10.6. The van der Waals surface area contributed by atoms with Crippen molar-refractivity contribution in [1.82, 2.24) is 0 Å². The molecule has 0 aromatic heterocycles. The average Bonchev–Trinajstić information content (AvgIpc) is 1.87. The van der Waals surface area contributed by atoms with Gasteiger partial charge < -0.3 is 14.5 Å². The number of hydrogen-bond acceptors (Lipinski definition) is 3. The van der Waals surface area contributed by atoms with Crippen LogP contribution in [0.25, 0.3) is 0 Å². The van der Waals surface area contributed by atoms with Gasteiger partial charge in [-0.05, 0) is 0 Å². The van der Waals surface area contributed by atoms with Crippen LogP contribution in [0.1, 0.15) is 6.42 Å². The second kappa shape index (κ2) is 4.28. The Bertz CT molecular complexity index is 199. The van der Waals surface area contributed by atoms with Gasteiger partial charge in [0.25, 0.3) is 0 Å². The fraction of sp³-hybridized carbons (Fsp3) is 0.400. The SMILES string of the molecule is C=CP(=O)(O)OCCC(=O)O. The van der Waals surface area contributed by atoms with Crippen LogP contribution in [0.15, 0.2) is 12.4 Å². The number of rotatable bonds is 5. The Labute approximate surface area is 63.8 Å². The van der Waals surface area contributed by atoms with E-state index in [2.05, 4.69) is 11.1 Å². The van der Waals surface area contributed by atoms with Crippen LogP contribution in [-0.2, 0) is 13.9 Å². The highest BCUT2D eigenvalue weighted by molar-refractivity contribution is 7.56. The summed E-state index contributed by atoms with van der Waals surface area (Å²) in [6.45, 7) is 2.76. The Morgan fingerprint density at radius 1 is 1.73 bits per heavy atom. The zero-order valence-corrected chi connectivity index (χ0v) is 6.66. The summed E-state index contributed by atoms with van der Waals surface area (Å²) >= 11 is 0. The Hall–Kier alpha value is -0.640. The molecule has 0 fully saturated rings. The van der Waals surface area contributed by atoms with E-state index < -0.39 is 13.6 Å².